The second-order valence-corrected chi connectivity index (χ2v) is 6.67. The van der Waals surface area contributed by atoms with Crippen molar-refractivity contribution in [2.45, 2.75) is 13.8 Å². The summed E-state index contributed by atoms with van der Waals surface area (Å²) in [5.41, 5.74) is 3.03. The standard InChI is InChI=1S/C21H23N5O2/c1-15(17-4-6-19(28-3)7-5-17)12-20(27)25-8-10-26(11-9-25)21-23-16(2)13-18(14-22)24-21/h4-7,12-13H,8-11H2,1-3H3/b15-12+. The van der Waals surface area contributed by atoms with Crippen molar-refractivity contribution < 1.29 is 9.53 Å². The number of carbonyl (C=O) groups excluding carboxylic acids is 1. The highest BCUT2D eigenvalue weighted by molar-refractivity contribution is 5.95. The summed E-state index contributed by atoms with van der Waals surface area (Å²) in [5, 5.41) is 9.08. The molecule has 1 aromatic carbocycles. The second-order valence-electron chi connectivity index (χ2n) is 6.67. The van der Waals surface area contributed by atoms with Crippen molar-refractivity contribution in [1.29, 1.82) is 5.26 Å². The fraction of sp³-hybridized carbons (Fsp3) is 0.333. The summed E-state index contributed by atoms with van der Waals surface area (Å²) in [7, 11) is 1.63. The van der Waals surface area contributed by atoms with Crippen LogP contribution in [0.1, 0.15) is 23.9 Å². The molecule has 1 aliphatic heterocycles. The van der Waals surface area contributed by atoms with Crippen molar-refractivity contribution in [2.24, 2.45) is 0 Å². The summed E-state index contributed by atoms with van der Waals surface area (Å²) in [6, 6.07) is 11.4. The van der Waals surface area contributed by atoms with E-state index in [0.717, 1.165) is 22.6 Å². The Balaban J connectivity index is 1.63. The molecule has 1 aliphatic rings. The molecule has 0 atom stereocenters. The molecule has 1 saturated heterocycles. The maximum Gasteiger partial charge on any atom is 0.246 e. The summed E-state index contributed by atoms with van der Waals surface area (Å²) < 4.78 is 5.17. The van der Waals surface area contributed by atoms with E-state index in [2.05, 4.69) is 16.0 Å². The van der Waals surface area contributed by atoms with Crippen molar-refractivity contribution in [3.8, 4) is 11.8 Å². The Morgan fingerprint density at radius 2 is 1.86 bits per heavy atom. The Morgan fingerprint density at radius 1 is 1.18 bits per heavy atom. The Morgan fingerprint density at radius 3 is 2.46 bits per heavy atom. The van der Waals surface area contributed by atoms with Gasteiger partial charge < -0.3 is 14.5 Å². The van der Waals surface area contributed by atoms with E-state index in [0.29, 0.717) is 37.8 Å². The van der Waals surface area contributed by atoms with Gasteiger partial charge in [-0.1, -0.05) is 12.1 Å². The molecular weight excluding hydrogens is 354 g/mol. The first-order chi connectivity index (χ1) is 13.5. The van der Waals surface area contributed by atoms with Gasteiger partial charge in [0.25, 0.3) is 0 Å². The maximum absolute atomic E-state index is 12.6. The van der Waals surface area contributed by atoms with Crippen LogP contribution in [-0.4, -0.2) is 54.1 Å². The van der Waals surface area contributed by atoms with Gasteiger partial charge >= 0.3 is 0 Å². The van der Waals surface area contributed by atoms with E-state index < -0.39 is 0 Å². The minimum Gasteiger partial charge on any atom is -0.497 e. The third kappa shape index (κ3) is 4.46. The molecular formula is C21H23N5O2. The van der Waals surface area contributed by atoms with Crippen molar-refractivity contribution in [1.82, 2.24) is 14.9 Å². The molecule has 0 N–H and O–H groups in total. The first kappa shape index (κ1) is 19.4. The number of methoxy groups -OCH3 is 1. The Hall–Kier alpha value is -3.40. The van der Waals surface area contributed by atoms with Crippen molar-refractivity contribution in [3.63, 3.8) is 0 Å². The van der Waals surface area contributed by atoms with Crippen LogP contribution in [0.5, 0.6) is 5.75 Å². The van der Waals surface area contributed by atoms with Crippen LogP contribution in [0.2, 0.25) is 0 Å². The third-order valence-corrected chi connectivity index (χ3v) is 4.72. The number of piperazine rings is 1. The van der Waals surface area contributed by atoms with E-state index in [1.807, 2.05) is 47.9 Å². The molecule has 2 heterocycles. The van der Waals surface area contributed by atoms with Crippen LogP contribution in [0, 0.1) is 18.3 Å². The summed E-state index contributed by atoms with van der Waals surface area (Å²) in [6.07, 6.45) is 1.68. The first-order valence-electron chi connectivity index (χ1n) is 9.12. The number of aromatic nitrogens is 2. The summed E-state index contributed by atoms with van der Waals surface area (Å²) in [6.45, 7) is 6.22. The molecule has 144 valence electrons. The molecule has 1 fully saturated rings. The van der Waals surface area contributed by atoms with Gasteiger partial charge in [0.15, 0.2) is 0 Å². The molecule has 2 aromatic rings. The number of hydrogen-bond acceptors (Lipinski definition) is 6. The van der Waals surface area contributed by atoms with Crippen molar-refractivity contribution in [3.05, 3.63) is 53.4 Å². The normalized spacial score (nSPS) is 14.6. The number of ether oxygens (including phenoxy) is 1. The number of amides is 1. The number of hydrogen-bond donors (Lipinski definition) is 0. The number of anilines is 1. The van der Waals surface area contributed by atoms with Crippen molar-refractivity contribution in [2.75, 3.05) is 38.2 Å². The van der Waals surface area contributed by atoms with Gasteiger partial charge in [0.2, 0.25) is 11.9 Å². The van der Waals surface area contributed by atoms with Crippen LogP contribution in [0.15, 0.2) is 36.4 Å². The van der Waals surface area contributed by atoms with Crippen LogP contribution in [0.25, 0.3) is 5.57 Å². The van der Waals surface area contributed by atoms with E-state index in [-0.39, 0.29) is 5.91 Å². The minimum absolute atomic E-state index is 0.00385. The molecule has 0 spiro atoms. The fourth-order valence-electron chi connectivity index (χ4n) is 3.09. The van der Waals surface area contributed by atoms with Gasteiger partial charge in [-0.05, 0) is 43.2 Å². The molecule has 0 bridgehead atoms. The molecule has 1 amide bonds. The molecule has 1 aromatic heterocycles. The quantitative estimate of drug-likeness (QED) is 0.761. The number of nitrogens with zero attached hydrogens (tertiary/aromatic N) is 5. The van der Waals surface area contributed by atoms with Crippen LogP contribution in [0.4, 0.5) is 5.95 Å². The van der Waals surface area contributed by atoms with Crippen LogP contribution >= 0.6 is 0 Å². The molecule has 0 aliphatic carbocycles. The first-order valence-corrected chi connectivity index (χ1v) is 9.12. The largest absolute Gasteiger partial charge is 0.497 e. The smallest absolute Gasteiger partial charge is 0.246 e. The Bertz CT molecular complexity index is 923. The average molecular weight is 377 g/mol. The lowest BCUT2D eigenvalue weighted by molar-refractivity contribution is -0.126. The zero-order chi connectivity index (χ0) is 20.1. The number of rotatable bonds is 4. The minimum atomic E-state index is -0.00385. The molecule has 0 saturated carbocycles. The molecule has 0 radical (unpaired) electrons. The topological polar surface area (TPSA) is 82.4 Å². The third-order valence-electron chi connectivity index (χ3n) is 4.72. The lowest BCUT2D eigenvalue weighted by Crippen LogP contribution is -2.49. The summed E-state index contributed by atoms with van der Waals surface area (Å²) >= 11 is 0. The lowest BCUT2D eigenvalue weighted by atomic mass is 10.1. The van der Waals surface area contributed by atoms with Gasteiger partial charge in [-0.25, -0.2) is 9.97 Å². The highest BCUT2D eigenvalue weighted by Crippen LogP contribution is 2.19. The predicted octanol–water partition coefficient (Wildman–Crippen LogP) is 2.42. The maximum atomic E-state index is 12.6. The fourth-order valence-corrected chi connectivity index (χ4v) is 3.09. The van der Waals surface area contributed by atoms with Crippen molar-refractivity contribution >= 4 is 17.4 Å². The van der Waals surface area contributed by atoms with E-state index in [1.165, 1.54) is 0 Å². The Kier molecular flexibility index (Phi) is 5.90. The van der Waals surface area contributed by atoms with E-state index in [1.54, 1.807) is 19.3 Å². The van der Waals surface area contributed by atoms with E-state index in [4.69, 9.17) is 10.00 Å². The SMILES string of the molecule is COc1ccc(/C(C)=C/C(=O)N2CCN(c3nc(C)cc(C#N)n3)CC2)cc1. The Labute approximate surface area is 164 Å². The molecule has 7 heteroatoms. The van der Waals surface area contributed by atoms with Gasteiger partial charge in [-0.15, -0.1) is 0 Å². The molecule has 3 rings (SSSR count). The van der Waals surface area contributed by atoms with Crippen LogP contribution in [0.3, 0.4) is 0 Å². The number of nitriles is 1. The monoisotopic (exact) mass is 377 g/mol. The van der Waals surface area contributed by atoms with Gasteiger partial charge in [-0.2, -0.15) is 5.26 Å². The zero-order valence-electron chi connectivity index (χ0n) is 16.3. The van der Waals surface area contributed by atoms with Crippen LogP contribution < -0.4 is 9.64 Å². The molecule has 7 nitrogen and oxygen atoms in total. The van der Waals surface area contributed by atoms with Gasteiger partial charge in [0.1, 0.15) is 17.5 Å². The van der Waals surface area contributed by atoms with Crippen LogP contribution in [-0.2, 0) is 4.79 Å². The molecule has 28 heavy (non-hydrogen) atoms. The summed E-state index contributed by atoms with van der Waals surface area (Å²) in [5.74, 6) is 1.33. The van der Waals surface area contributed by atoms with E-state index in [9.17, 15) is 4.79 Å². The van der Waals surface area contributed by atoms with E-state index >= 15 is 0 Å². The highest BCUT2D eigenvalue weighted by atomic mass is 16.5. The molecule has 0 unspecified atom stereocenters. The van der Waals surface area contributed by atoms with Gasteiger partial charge in [0, 0.05) is 37.9 Å². The highest BCUT2D eigenvalue weighted by Gasteiger charge is 2.22. The van der Waals surface area contributed by atoms with Gasteiger partial charge in [0.05, 0.1) is 7.11 Å². The number of aryl methyl sites for hydroxylation is 1. The lowest BCUT2D eigenvalue weighted by Gasteiger charge is -2.34. The summed E-state index contributed by atoms with van der Waals surface area (Å²) in [4.78, 5) is 25.2. The second kappa shape index (κ2) is 8.53. The zero-order valence-corrected chi connectivity index (χ0v) is 16.3. The average Bonchev–Trinajstić information content (AvgIpc) is 2.73. The predicted molar refractivity (Wildman–Crippen MR) is 107 cm³/mol. The number of allylic oxidation sites excluding steroid dienone is 1. The van der Waals surface area contributed by atoms with Gasteiger partial charge in [-0.3, -0.25) is 4.79 Å². The number of benzene rings is 1. The number of carbonyl (C=O) groups is 1.